The lowest BCUT2D eigenvalue weighted by molar-refractivity contribution is 0.590. The molecular weight excluding hydrogens is 713 g/mol. The molecule has 0 saturated carbocycles. The average Bonchev–Trinajstić information content (AvgIpc) is 3.75. The third kappa shape index (κ3) is 4.55. The Kier molecular flexibility index (Phi) is 6.70. The molecule has 2 aliphatic rings. The summed E-state index contributed by atoms with van der Waals surface area (Å²) in [5.74, 6) is 0. The van der Waals surface area contributed by atoms with Crippen LogP contribution in [0, 0.1) is 29.6 Å². The molecule has 2 aliphatic carbocycles. The van der Waals surface area contributed by atoms with Gasteiger partial charge in [-0.1, -0.05) is 124 Å². The molecule has 0 radical (unpaired) electrons. The fourth-order valence-corrected chi connectivity index (χ4v) is 10.4. The molecule has 0 aliphatic heterocycles. The lowest BCUT2D eigenvalue weighted by atomic mass is 9.80. The molecule has 0 aromatic heterocycles. The van der Waals surface area contributed by atoms with Crippen molar-refractivity contribution in [3.63, 3.8) is 0 Å². The average molecular weight is 749 g/mol. The Morgan fingerprint density at radius 2 is 0.949 bits per heavy atom. The van der Waals surface area contributed by atoms with Crippen LogP contribution in [-0.2, 0) is 5.41 Å². The van der Waals surface area contributed by atoms with E-state index in [1.54, 1.807) is 12.1 Å². The van der Waals surface area contributed by atoms with Gasteiger partial charge in [0.05, 0.1) is 23.3 Å². The number of nitrogens with zero attached hydrogens (tertiary/aromatic N) is 2. The fourth-order valence-electron chi connectivity index (χ4n) is 10.4. The molecule has 0 bridgehead atoms. The first-order valence-corrected chi connectivity index (χ1v) is 20.4. The van der Waals surface area contributed by atoms with Crippen molar-refractivity contribution >= 4 is 53.9 Å². The molecule has 2 nitrogen and oxygen atoms in total. The molecule has 274 valence electrons. The number of nitriles is 2. The first-order valence-electron chi connectivity index (χ1n) is 20.4. The molecule has 0 N–H and O–H groups in total. The Hall–Kier alpha value is -7.52. The highest BCUT2D eigenvalue weighted by Crippen LogP contribution is 2.56. The van der Waals surface area contributed by atoms with Crippen LogP contribution in [0.25, 0.3) is 121 Å². The molecular formula is C57H36N2. The molecule has 0 heterocycles. The van der Waals surface area contributed by atoms with Crippen molar-refractivity contribution in [3.05, 3.63) is 168 Å². The van der Waals surface area contributed by atoms with Gasteiger partial charge in [0.1, 0.15) is 0 Å². The van der Waals surface area contributed by atoms with Crippen LogP contribution in [0.5, 0.6) is 0 Å². The van der Waals surface area contributed by atoms with Crippen molar-refractivity contribution in [1.29, 1.82) is 10.5 Å². The van der Waals surface area contributed by atoms with Crippen LogP contribution in [-0.4, -0.2) is 0 Å². The summed E-state index contributed by atoms with van der Waals surface area (Å²) in [5.41, 5.74) is 17.8. The number of aryl methyl sites for hydroxylation is 1. The number of benzene rings is 10. The van der Waals surface area contributed by atoms with Gasteiger partial charge in [-0.2, -0.15) is 10.5 Å². The van der Waals surface area contributed by atoms with E-state index in [0.29, 0.717) is 11.1 Å². The fraction of sp³-hybridized carbons (Fsp3) is 0.0877. The van der Waals surface area contributed by atoms with Crippen molar-refractivity contribution in [2.75, 3.05) is 0 Å². The Bertz CT molecular complexity index is 3660. The van der Waals surface area contributed by atoms with Gasteiger partial charge in [-0.25, -0.2) is 0 Å². The highest BCUT2D eigenvalue weighted by molar-refractivity contribution is 6.30. The predicted molar refractivity (Wildman–Crippen MR) is 247 cm³/mol. The summed E-state index contributed by atoms with van der Waals surface area (Å²) in [4.78, 5) is 0. The molecule has 2 heteroatoms. The van der Waals surface area contributed by atoms with Crippen LogP contribution in [0.4, 0.5) is 0 Å². The number of rotatable bonds is 2. The van der Waals surface area contributed by atoms with Crippen molar-refractivity contribution in [2.24, 2.45) is 0 Å². The second-order valence-corrected chi connectivity index (χ2v) is 17.5. The van der Waals surface area contributed by atoms with Crippen molar-refractivity contribution in [3.8, 4) is 78.9 Å². The maximum atomic E-state index is 10.6. The van der Waals surface area contributed by atoms with Crippen LogP contribution in [0.1, 0.15) is 43.0 Å². The zero-order chi connectivity index (χ0) is 39.9. The third-order valence-electron chi connectivity index (χ3n) is 13.3. The van der Waals surface area contributed by atoms with E-state index in [2.05, 4.69) is 167 Å². The lowest BCUT2D eigenvalue weighted by Gasteiger charge is -2.23. The maximum absolute atomic E-state index is 10.6. The summed E-state index contributed by atoms with van der Waals surface area (Å²) in [6.07, 6.45) is 0. The minimum atomic E-state index is -0.0274. The van der Waals surface area contributed by atoms with Gasteiger partial charge in [-0.3, -0.25) is 0 Å². The van der Waals surface area contributed by atoms with Crippen molar-refractivity contribution in [1.82, 2.24) is 0 Å². The van der Waals surface area contributed by atoms with Crippen molar-refractivity contribution < 1.29 is 0 Å². The van der Waals surface area contributed by atoms with Gasteiger partial charge in [-0.15, -0.1) is 0 Å². The topological polar surface area (TPSA) is 47.6 Å². The Balaban J connectivity index is 1.28. The smallest absolute Gasteiger partial charge is 0.0998 e. The maximum Gasteiger partial charge on any atom is 0.0998 e. The Morgan fingerprint density at radius 3 is 1.61 bits per heavy atom. The van der Waals surface area contributed by atoms with Gasteiger partial charge in [0, 0.05) is 5.56 Å². The predicted octanol–water partition coefficient (Wildman–Crippen LogP) is 15.4. The van der Waals surface area contributed by atoms with E-state index < -0.39 is 0 Å². The second-order valence-electron chi connectivity index (χ2n) is 17.5. The summed E-state index contributed by atoms with van der Waals surface area (Å²) in [5, 5.41) is 32.6. The van der Waals surface area contributed by atoms with Gasteiger partial charge in [0.15, 0.2) is 0 Å². The zero-order valence-electron chi connectivity index (χ0n) is 33.3. The van der Waals surface area contributed by atoms with E-state index in [1.165, 1.54) is 99.1 Å². The molecule has 12 rings (SSSR count). The van der Waals surface area contributed by atoms with Crippen LogP contribution >= 0.6 is 0 Å². The Morgan fingerprint density at radius 1 is 0.390 bits per heavy atom. The van der Waals surface area contributed by atoms with E-state index in [1.807, 2.05) is 6.07 Å². The summed E-state index contributed by atoms with van der Waals surface area (Å²) < 4.78 is 0. The van der Waals surface area contributed by atoms with E-state index in [-0.39, 0.29) is 5.41 Å². The molecule has 0 unspecified atom stereocenters. The van der Waals surface area contributed by atoms with E-state index in [9.17, 15) is 10.5 Å². The van der Waals surface area contributed by atoms with Gasteiger partial charge in [-0.05, 0) is 181 Å². The van der Waals surface area contributed by atoms with Crippen LogP contribution in [0.3, 0.4) is 0 Å². The molecule has 0 saturated heterocycles. The lowest BCUT2D eigenvalue weighted by Crippen LogP contribution is -2.11. The Labute approximate surface area is 342 Å². The SMILES string of the molecule is Cc1ccc(C(C)(C)C)cc1-c1c2c(cc3c1ccc1c4cc5c(cc4c(-c4cc(C#N)ccc4C#N)cc31)-c1cccc3cccc-5c13)-c1cccc3cccc-2c13. The van der Waals surface area contributed by atoms with Crippen molar-refractivity contribution in [2.45, 2.75) is 33.1 Å². The second kappa shape index (κ2) is 11.8. The van der Waals surface area contributed by atoms with Gasteiger partial charge in [0.25, 0.3) is 0 Å². The zero-order valence-corrected chi connectivity index (χ0v) is 33.3. The summed E-state index contributed by atoms with van der Waals surface area (Å²) in [6, 6.07) is 58.0. The summed E-state index contributed by atoms with van der Waals surface area (Å²) >= 11 is 0. The summed E-state index contributed by atoms with van der Waals surface area (Å²) in [7, 11) is 0. The highest BCUT2D eigenvalue weighted by atomic mass is 14.3. The quantitative estimate of drug-likeness (QED) is 0.165. The van der Waals surface area contributed by atoms with Gasteiger partial charge < -0.3 is 0 Å². The minimum Gasteiger partial charge on any atom is -0.192 e. The number of fused-ring (bicyclic) bond motifs is 11. The normalized spacial score (nSPS) is 12.4. The monoisotopic (exact) mass is 748 g/mol. The number of hydrogen-bond donors (Lipinski definition) is 0. The van der Waals surface area contributed by atoms with Crippen LogP contribution in [0.2, 0.25) is 0 Å². The first kappa shape index (κ1) is 33.6. The third-order valence-corrected chi connectivity index (χ3v) is 13.3. The van der Waals surface area contributed by atoms with Gasteiger partial charge in [0.2, 0.25) is 0 Å². The van der Waals surface area contributed by atoms with E-state index in [4.69, 9.17) is 0 Å². The van der Waals surface area contributed by atoms with Gasteiger partial charge >= 0.3 is 0 Å². The highest BCUT2D eigenvalue weighted by Gasteiger charge is 2.30. The minimum absolute atomic E-state index is 0.0274. The molecule has 59 heavy (non-hydrogen) atoms. The van der Waals surface area contributed by atoms with Crippen LogP contribution < -0.4 is 0 Å². The molecule has 0 amide bonds. The van der Waals surface area contributed by atoms with E-state index in [0.717, 1.165) is 32.7 Å². The number of hydrogen-bond acceptors (Lipinski definition) is 2. The largest absolute Gasteiger partial charge is 0.192 e. The summed E-state index contributed by atoms with van der Waals surface area (Å²) in [6.45, 7) is 9.11. The molecule has 0 atom stereocenters. The van der Waals surface area contributed by atoms with Crippen LogP contribution in [0.15, 0.2) is 146 Å². The molecule has 10 aromatic carbocycles. The van der Waals surface area contributed by atoms with E-state index >= 15 is 0 Å². The molecule has 0 spiro atoms. The molecule has 0 fully saturated rings. The standard InChI is InChI=1S/C57H36N2/c1-31-17-20-36(57(2,3)4)24-43(31)55-41-22-21-37-45(49(41)28-52-40-15-7-11-34-12-8-16-42(54(34)40)56(52)55)26-50(44-23-32(29-58)18-19-35(44)30-59)51-27-48-39-14-6-10-33-9-5-13-38(53(33)39)47(48)25-46(37)51/h5-28H,1-4H3. The molecule has 10 aromatic rings. The first-order chi connectivity index (χ1) is 28.7.